The van der Waals surface area contributed by atoms with Crippen LogP contribution in [0.1, 0.15) is 13.3 Å². The molecule has 60 valence electrons. The van der Waals surface area contributed by atoms with Crippen molar-refractivity contribution in [3.8, 4) is 0 Å². The van der Waals surface area contributed by atoms with Gasteiger partial charge in [-0.15, -0.1) is 0 Å². The highest BCUT2D eigenvalue weighted by Crippen LogP contribution is 2.16. The lowest BCUT2D eigenvalue weighted by molar-refractivity contribution is 0.684. The number of hydrogen-bond donors (Lipinski definition) is 1. The van der Waals surface area contributed by atoms with E-state index in [-0.39, 0.29) is 0 Å². The quantitative estimate of drug-likeness (QED) is 0.601. The maximum Gasteiger partial charge on any atom is 0.0202 e. The first-order chi connectivity index (χ1) is 5.20. The van der Waals surface area contributed by atoms with Gasteiger partial charge in [0, 0.05) is 6.54 Å². The SMILES string of the molecule is C=C(C)/C=C1/CCNCC1=C. The molecule has 0 bridgehead atoms. The van der Waals surface area contributed by atoms with Crippen molar-refractivity contribution in [1.82, 2.24) is 5.32 Å². The molecule has 0 atom stereocenters. The van der Waals surface area contributed by atoms with E-state index in [0.717, 1.165) is 25.1 Å². The molecular weight excluding hydrogens is 134 g/mol. The molecule has 1 fully saturated rings. The molecule has 1 saturated heterocycles. The smallest absolute Gasteiger partial charge is 0.0202 e. The molecule has 11 heavy (non-hydrogen) atoms. The second kappa shape index (κ2) is 3.54. The van der Waals surface area contributed by atoms with Crippen molar-refractivity contribution in [3.05, 3.63) is 36.0 Å². The third-order valence-corrected chi connectivity index (χ3v) is 1.78. The highest BCUT2D eigenvalue weighted by molar-refractivity contribution is 5.36. The van der Waals surface area contributed by atoms with Crippen LogP contribution in [0.2, 0.25) is 0 Å². The first-order valence-corrected chi connectivity index (χ1v) is 3.95. The van der Waals surface area contributed by atoms with Crippen molar-refractivity contribution in [2.24, 2.45) is 0 Å². The summed E-state index contributed by atoms with van der Waals surface area (Å²) >= 11 is 0. The van der Waals surface area contributed by atoms with Crippen LogP contribution in [-0.4, -0.2) is 13.1 Å². The summed E-state index contributed by atoms with van der Waals surface area (Å²) in [6.07, 6.45) is 3.22. The lowest BCUT2D eigenvalue weighted by atomic mass is 9.99. The van der Waals surface area contributed by atoms with E-state index in [1.807, 2.05) is 6.92 Å². The van der Waals surface area contributed by atoms with Gasteiger partial charge < -0.3 is 5.32 Å². The van der Waals surface area contributed by atoms with Crippen molar-refractivity contribution in [1.29, 1.82) is 0 Å². The third-order valence-electron chi connectivity index (χ3n) is 1.78. The molecule has 1 aliphatic rings. The summed E-state index contributed by atoms with van der Waals surface area (Å²) in [5, 5.41) is 3.27. The van der Waals surface area contributed by atoms with Gasteiger partial charge in [0.15, 0.2) is 0 Å². The Morgan fingerprint density at radius 3 is 2.91 bits per heavy atom. The minimum Gasteiger partial charge on any atom is -0.312 e. The van der Waals surface area contributed by atoms with Crippen molar-refractivity contribution < 1.29 is 0 Å². The summed E-state index contributed by atoms with van der Waals surface area (Å²) in [6, 6.07) is 0. The van der Waals surface area contributed by atoms with E-state index < -0.39 is 0 Å². The molecule has 0 aromatic carbocycles. The molecule has 0 radical (unpaired) electrons. The molecule has 0 amide bonds. The van der Waals surface area contributed by atoms with Crippen molar-refractivity contribution in [2.45, 2.75) is 13.3 Å². The number of nitrogens with one attached hydrogen (secondary N) is 1. The predicted molar refractivity (Wildman–Crippen MR) is 49.5 cm³/mol. The number of hydrogen-bond acceptors (Lipinski definition) is 1. The van der Waals surface area contributed by atoms with Gasteiger partial charge >= 0.3 is 0 Å². The maximum atomic E-state index is 3.98. The molecule has 0 aromatic rings. The molecule has 1 nitrogen and oxygen atoms in total. The van der Waals surface area contributed by atoms with Crippen LogP contribution in [0.25, 0.3) is 0 Å². The van der Waals surface area contributed by atoms with Gasteiger partial charge in [-0.1, -0.05) is 24.8 Å². The fraction of sp³-hybridized carbons (Fsp3) is 0.400. The van der Waals surface area contributed by atoms with Gasteiger partial charge in [-0.25, -0.2) is 0 Å². The summed E-state index contributed by atoms with van der Waals surface area (Å²) in [5.74, 6) is 0. The number of allylic oxidation sites excluding steroid dienone is 2. The lowest BCUT2D eigenvalue weighted by Crippen LogP contribution is -2.25. The molecular formula is C10H15N. The van der Waals surface area contributed by atoms with Gasteiger partial charge in [-0.3, -0.25) is 0 Å². The number of piperidine rings is 1. The van der Waals surface area contributed by atoms with Gasteiger partial charge in [0.05, 0.1) is 0 Å². The van der Waals surface area contributed by atoms with E-state index in [1.54, 1.807) is 0 Å². The van der Waals surface area contributed by atoms with E-state index in [0.29, 0.717) is 0 Å². The molecule has 0 saturated carbocycles. The zero-order valence-corrected chi connectivity index (χ0v) is 7.11. The highest BCUT2D eigenvalue weighted by Gasteiger charge is 2.07. The minimum absolute atomic E-state index is 0.930. The van der Waals surface area contributed by atoms with Crippen LogP contribution in [0, 0.1) is 0 Å². The largest absolute Gasteiger partial charge is 0.312 e. The Kier molecular flexibility index (Phi) is 2.66. The van der Waals surface area contributed by atoms with Crippen LogP contribution >= 0.6 is 0 Å². The van der Waals surface area contributed by atoms with Crippen molar-refractivity contribution >= 4 is 0 Å². The summed E-state index contributed by atoms with van der Waals surface area (Å²) in [7, 11) is 0. The summed E-state index contributed by atoms with van der Waals surface area (Å²) in [4.78, 5) is 0. The van der Waals surface area contributed by atoms with E-state index in [9.17, 15) is 0 Å². The standard InChI is InChI=1S/C10H15N/c1-8(2)6-10-4-5-11-7-9(10)3/h6,11H,1,3-5,7H2,2H3/b10-6-. The van der Waals surface area contributed by atoms with Gasteiger partial charge in [0.1, 0.15) is 0 Å². The summed E-state index contributed by atoms with van der Waals surface area (Å²) in [5.41, 5.74) is 3.68. The van der Waals surface area contributed by atoms with Crippen LogP contribution in [-0.2, 0) is 0 Å². The highest BCUT2D eigenvalue weighted by atomic mass is 14.9. The van der Waals surface area contributed by atoms with E-state index in [1.165, 1.54) is 11.1 Å². The Morgan fingerprint density at radius 2 is 2.36 bits per heavy atom. The van der Waals surface area contributed by atoms with Gasteiger partial charge in [-0.2, -0.15) is 0 Å². The number of rotatable bonds is 1. The Labute approximate surface area is 68.5 Å². The topological polar surface area (TPSA) is 12.0 Å². The third kappa shape index (κ3) is 2.35. The molecule has 0 aliphatic carbocycles. The van der Waals surface area contributed by atoms with Crippen LogP contribution in [0.3, 0.4) is 0 Å². The second-order valence-electron chi connectivity index (χ2n) is 3.05. The zero-order chi connectivity index (χ0) is 8.27. The molecule has 1 aliphatic heterocycles. The van der Waals surface area contributed by atoms with Crippen LogP contribution in [0.5, 0.6) is 0 Å². The van der Waals surface area contributed by atoms with Gasteiger partial charge in [-0.05, 0) is 31.0 Å². The minimum atomic E-state index is 0.930. The van der Waals surface area contributed by atoms with Crippen LogP contribution in [0.4, 0.5) is 0 Å². The first kappa shape index (κ1) is 8.28. The van der Waals surface area contributed by atoms with E-state index >= 15 is 0 Å². The first-order valence-electron chi connectivity index (χ1n) is 3.95. The van der Waals surface area contributed by atoms with E-state index in [4.69, 9.17) is 0 Å². The average molecular weight is 149 g/mol. The predicted octanol–water partition coefficient (Wildman–Crippen LogP) is 2.04. The molecule has 1 heteroatoms. The monoisotopic (exact) mass is 149 g/mol. The summed E-state index contributed by atoms with van der Waals surface area (Å²) in [6.45, 7) is 11.8. The van der Waals surface area contributed by atoms with Crippen molar-refractivity contribution in [3.63, 3.8) is 0 Å². The Hall–Kier alpha value is -0.820. The fourth-order valence-corrected chi connectivity index (χ4v) is 1.22. The Bertz CT molecular complexity index is 211. The lowest BCUT2D eigenvalue weighted by Gasteiger charge is -2.18. The second-order valence-corrected chi connectivity index (χ2v) is 3.05. The molecule has 1 rings (SSSR count). The Balaban J connectivity index is 2.68. The summed E-state index contributed by atoms with van der Waals surface area (Å²) < 4.78 is 0. The zero-order valence-electron chi connectivity index (χ0n) is 7.11. The van der Waals surface area contributed by atoms with Gasteiger partial charge in [0.2, 0.25) is 0 Å². The fourth-order valence-electron chi connectivity index (χ4n) is 1.22. The molecule has 1 N–H and O–H groups in total. The molecule has 1 heterocycles. The molecule has 0 unspecified atom stereocenters. The maximum absolute atomic E-state index is 3.98. The van der Waals surface area contributed by atoms with Crippen LogP contribution < -0.4 is 5.32 Å². The van der Waals surface area contributed by atoms with Crippen molar-refractivity contribution in [2.75, 3.05) is 13.1 Å². The molecule has 0 aromatic heterocycles. The normalized spacial score (nSPS) is 22.3. The van der Waals surface area contributed by atoms with Crippen LogP contribution in [0.15, 0.2) is 36.0 Å². The van der Waals surface area contributed by atoms with Gasteiger partial charge in [0.25, 0.3) is 0 Å². The van der Waals surface area contributed by atoms with E-state index in [2.05, 4.69) is 24.6 Å². The average Bonchev–Trinajstić information content (AvgIpc) is 1.93. The Morgan fingerprint density at radius 1 is 1.64 bits per heavy atom. The molecule has 0 spiro atoms.